The Balaban J connectivity index is 1.80. The zero-order valence-electron chi connectivity index (χ0n) is 15.7. The Morgan fingerprint density at radius 2 is 1.80 bits per heavy atom. The van der Waals surface area contributed by atoms with Crippen LogP contribution in [0.5, 0.6) is 0 Å². The Morgan fingerprint density at radius 1 is 1.10 bits per heavy atom. The van der Waals surface area contributed by atoms with Crippen LogP contribution in [-0.2, 0) is 20.9 Å². The lowest BCUT2D eigenvalue weighted by Gasteiger charge is -2.23. The lowest BCUT2D eigenvalue weighted by atomic mass is 10.1. The summed E-state index contributed by atoms with van der Waals surface area (Å²) < 4.78 is 45.2. The number of halogens is 3. The van der Waals surface area contributed by atoms with E-state index in [4.69, 9.17) is 0 Å². The lowest BCUT2D eigenvalue weighted by Crippen LogP contribution is -2.36. The molecule has 3 rings (SSSR count). The number of methoxy groups -OCH3 is 1. The fourth-order valence-electron chi connectivity index (χ4n) is 2.76. The van der Waals surface area contributed by atoms with Crippen molar-refractivity contribution in [2.24, 2.45) is 5.10 Å². The van der Waals surface area contributed by atoms with Gasteiger partial charge in [0.2, 0.25) is 5.91 Å². The van der Waals surface area contributed by atoms with Crippen LogP contribution in [0.15, 0.2) is 41.5 Å². The van der Waals surface area contributed by atoms with Crippen LogP contribution in [0.3, 0.4) is 0 Å². The number of amides is 2. The molecule has 0 radical (unpaired) electrons. The highest BCUT2D eigenvalue weighted by molar-refractivity contribution is 6.43. The molecule has 0 atom stereocenters. The molecule has 2 aromatic carbocycles. The van der Waals surface area contributed by atoms with E-state index < -0.39 is 40.6 Å². The average molecular weight is 419 g/mol. The number of hydrogen-bond donors (Lipinski definition) is 1. The number of hydrogen-bond acceptors (Lipinski definition) is 5. The average Bonchev–Trinajstić information content (AvgIpc) is 2.72. The third-order valence-electron chi connectivity index (χ3n) is 4.32. The molecule has 0 saturated heterocycles. The molecule has 2 amide bonds. The fourth-order valence-corrected chi connectivity index (χ4v) is 2.76. The number of ether oxygens (including phenoxy) is 1. The van der Waals surface area contributed by atoms with E-state index in [9.17, 15) is 27.6 Å². The highest BCUT2D eigenvalue weighted by Crippen LogP contribution is 2.21. The normalized spacial score (nSPS) is 13.7. The van der Waals surface area contributed by atoms with Crippen LogP contribution in [0.2, 0.25) is 0 Å². The van der Waals surface area contributed by atoms with Crippen molar-refractivity contribution in [2.75, 3.05) is 12.4 Å². The Hall–Kier alpha value is -3.69. The van der Waals surface area contributed by atoms with E-state index in [1.54, 1.807) is 0 Å². The van der Waals surface area contributed by atoms with Crippen molar-refractivity contribution in [1.82, 2.24) is 5.01 Å². The molecule has 7 nitrogen and oxygen atoms in total. The van der Waals surface area contributed by atoms with Crippen LogP contribution >= 0.6 is 0 Å². The van der Waals surface area contributed by atoms with Gasteiger partial charge in [-0.25, -0.2) is 23.0 Å². The number of anilines is 1. The van der Waals surface area contributed by atoms with Crippen LogP contribution < -0.4 is 5.32 Å². The summed E-state index contributed by atoms with van der Waals surface area (Å²) in [4.78, 5) is 36.2. The quantitative estimate of drug-likeness (QED) is 0.755. The van der Waals surface area contributed by atoms with E-state index in [-0.39, 0.29) is 31.0 Å². The minimum atomic E-state index is -1.14. The van der Waals surface area contributed by atoms with Gasteiger partial charge in [0.15, 0.2) is 0 Å². The Bertz CT molecular complexity index is 1040. The summed E-state index contributed by atoms with van der Waals surface area (Å²) in [7, 11) is 1.03. The number of carbonyl (C=O) groups excluding carboxylic acids is 3. The van der Waals surface area contributed by atoms with Crippen molar-refractivity contribution in [2.45, 2.75) is 19.4 Å². The van der Waals surface area contributed by atoms with Crippen LogP contribution in [0.4, 0.5) is 18.9 Å². The van der Waals surface area contributed by atoms with Crippen LogP contribution in [0.25, 0.3) is 0 Å². The first-order chi connectivity index (χ1) is 14.3. The van der Waals surface area contributed by atoms with E-state index in [2.05, 4.69) is 15.2 Å². The zero-order valence-corrected chi connectivity index (χ0v) is 15.7. The zero-order chi connectivity index (χ0) is 21.8. The van der Waals surface area contributed by atoms with Gasteiger partial charge >= 0.3 is 5.97 Å². The maximum absolute atomic E-state index is 14.0. The summed E-state index contributed by atoms with van der Waals surface area (Å²) in [5, 5.41) is 7.29. The molecule has 156 valence electrons. The third-order valence-corrected chi connectivity index (χ3v) is 4.32. The second kappa shape index (κ2) is 8.76. The van der Waals surface area contributed by atoms with Crippen molar-refractivity contribution in [3.05, 3.63) is 65.0 Å². The smallest absolute Gasteiger partial charge is 0.340 e. The highest BCUT2D eigenvalue weighted by atomic mass is 19.1. The number of carbonyl (C=O) groups is 3. The molecule has 2 aromatic rings. The van der Waals surface area contributed by atoms with E-state index >= 15 is 0 Å². The minimum absolute atomic E-state index is 0.00718. The monoisotopic (exact) mass is 419 g/mol. The van der Waals surface area contributed by atoms with Gasteiger partial charge < -0.3 is 10.1 Å². The van der Waals surface area contributed by atoms with Gasteiger partial charge in [0.05, 0.1) is 24.9 Å². The van der Waals surface area contributed by atoms with Gasteiger partial charge in [-0.2, -0.15) is 5.10 Å². The highest BCUT2D eigenvalue weighted by Gasteiger charge is 2.26. The van der Waals surface area contributed by atoms with Crippen molar-refractivity contribution < 1.29 is 32.3 Å². The molecule has 10 heteroatoms. The molecule has 0 aromatic heterocycles. The predicted molar refractivity (Wildman–Crippen MR) is 99.9 cm³/mol. The Morgan fingerprint density at radius 3 is 2.47 bits per heavy atom. The first-order valence-corrected chi connectivity index (χ1v) is 8.79. The fraction of sp³-hybridized carbons (Fsp3) is 0.200. The summed E-state index contributed by atoms with van der Waals surface area (Å²) in [6.07, 6.45) is 0.00398. The molecular weight excluding hydrogens is 403 g/mol. The second-order valence-corrected chi connectivity index (χ2v) is 6.38. The summed E-state index contributed by atoms with van der Waals surface area (Å²) in [6.45, 7) is 0.0211. The largest absolute Gasteiger partial charge is 0.465 e. The summed E-state index contributed by atoms with van der Waals surface area (Å²) in [6, 6.07) is 6.70. The van der Waals surface area contributed by atoms with Crippen LogP contribution in [0.1, 0.15) is 28.8 Å². The van der Waals surface area contributed by atoms with E-state index in [1.165, 1.54) is 24.3 Å². The molecule has 1 aliphatic rings. The predicted octanol–water partition coefficient (Wildman–Crippen LogP) is 3.01. The second-order valence-electron chi connectivity index (χ2n) is 6.38. The number of hydrazone groups is 1. The molecular formula is C20H16F3N3O4. The Kier molecular flexibility index (Phi) is 6.14. The maximum atomic E-state index is 14.0. The van der Waals surface area contributed by atoms with Crippen LogP contribution in [-0.4, -0.2) is 35.6 Å². The number of nitrogens with one attached hydrogen (secondary N) is 1. The molecule has 0 fully saturated rings. The first kappa shape index (κ1) is 21.0. The molecule has 0 saturated carbocycles. The molecule has 1 aliphatic heterocycles. The van der Waals surface area contributed by atoms with Gasteiger partial charge in [0, 0.05) is 18.9 Å². The molecule has 30 heavy (non-hydrogen) atoms. The molecule has 0 bridgehead atoms. The van der Waals surface area contributed by atoms with Crippen molar-refractivity contribution in [1.29, 1.82) is 0 Å². The number of esters is 1. The minimum Gasteiger partial charge on any atom is -0.465 e. The van der Waals surface area contributed by atoms with Gasteiger partial charge in [0.25, 0.3) is 5.91 Å². The van der Waals surface area contributed by atoms with E-state index in [0.717, 1.165) is 18.2 Å². The molecule has 0 unspecified atom stereocenters. The van der Waals surface area contributed by atoms with Crippen molar-refractivity contribution in [3.8, 4) is 0 Å². The van der Waals surface area contributed by atoms with Gasteiger partial charge in [-0.05, 0) is 23.8 Å². The van der Waals surface area contributed by atoms with E-state index in [1.807, 2.05) is 0 Å². The van der Waals surface area contributed by atoms with Crippen molar-refractivity contribution >= 4 is 29.2 Å². The number of benzene rings is 2. The third kappa shape index (κ3) is 4.65. The SMILES string of the molecule is COC(=O)c1cc(NC(=O)C2=NN(Cc3ccc(F)cc3)C(=O)CC2)c(F)cc1F. The number of rotatable bonds is 5. The van der Waals surface area contributed by atoms with Crippen molar-refractivity contribution in [3.63, 3.8) is 0 Å². The summed E-state index contributed by atoms with van der Waals surface area (Å²) in [5.74, 6) is -4.84. The van der Waals surface area contributed by atoms with Gasteiger partial charge in [0.1, 0.15) is 23.2 Å². The molecule has 0 aliphatic carbocycles. The summed E-state index contributed by atoms with van der Waals surface area (Å²) >= 11 is 0. The van der Waals surface area contributed by atoms with E-state index in [0.29, 0.717) is 11.6 Å². The van der Waals surface area contributed by atoms with Gasteiger partial charge in [-0.1, -0.05) is 12.1 Å². The molecule has 0 spiro atoms. The van der Waals surface area contributed by atoms with Gasteiger partial charge in [-0.3, -0.25) is 9.59 Å². The molecule has 1 heterocycles. The van der Waals surface area contributed by atoms with Gasteiger partial charge in [-0.15, -0.1) is 0 Å². The van der Waals surface area contributed by atoms with Crippen LogP contribution in [0, 0.1) is 17.5 Å². The number of nitrogens with zero attached hydrogens (tertiary/aromatic N) is 2. The lowest BCUT2D eigenvalue weighted by molar-refractivity contribution is -0.132. The molecule has 1 N–H and O–H groups in total. The summed E-state index contributed by atoms with van der Waals surface area (Å²) in [5.41, 5.74) is -0.443. The topological polar surface area (TPSA) is 88.1 Å². The maximum Gasteiger partial charge on any atom is 0.340 e. The standard InChI is InChI=1S/C20H16F3N3O4/c1-30-20(29)13-8-17(15(23)9-14(13)22)24-19(28)16-6-7-18(27)26(25-16)10-11-2-4-12(21)5-3-11/h2-5,8-9H,6-7,10H2,1H3,(H,24,28). The first-order valence-electron chi connectivity index (χ1n) is 8.79. The Labute approximate surface area is 169 Å².